The smallest absolute Gasteiger partial charge is 0.170 e. The number of amidine groups is 1. The molecule has 0 fully saturated rings. The molecule has 5 heteroatoms. The molecule has 0 aliphatic carbocycles. The summed E-state index contributed by atoms with van der Waals surface area (Å²) in [7, 11) is 0. The molecule has 4 nitrogen and oxygen atoms in total. The number of benzene rings is 1. The average molecular weight is 212 g/mol. The van der Waals surface area contributed by atoms with Crippen molar-refractivity contribution in [1.82, 2.24) is 0 Å². The van der Waals surface area contributed by atoms with Crippen LogP contribution in [-0.4, -0.2) is 24.3 Å². The maximum absolute atomic E-state index is 11.8. The van der Waals surface area contributed by atoms with Gasteiger partial charge in [0.05, 0.1) is 13.3 Å². The minimum atomic E-state index is -0.387. The molecule has 0 spiro atoms. The number of oxime groups is 1. The topological polar surface area (TPSA) is 67.8 Å². The molecule has 1 aromatic carbocycles. The molecule has 0 unspecified atom stereocenters. The van der Waals surface area contributed by atoms with Crippen LogP contribution in [0.4, 0.5) is 4.39 Å². The highest BCUT2D eigenvalue weighted by Gasteiger charge is 1.99. The summed E-state index contributed by atoms with van der Waals surface area (Å²) in [6.07, 6.45) is 0.377. The van der Waals surface area contributed by atoms with Crippen LogP contribution in [0.15, 0.2) is 29.4 Å². The molecule has 3 N–H and O–H groups in total. The Morgan fingerprint density at radius 3 is 2.60 bits per heavy atom. The Kier molecular flexibility index (Phi) is 4.40. The molecule has 0 aliphatic rings. The lowest BCUT2D eigenvalue weighted by atomic mass is 10.2. The molecular formula is C10H13FN2O2. The highest BCUT2D eigenvalue weighted by Crippen LogP contribution is 2.12. The quantitative estimate of drug-likeness (QED) is 0.255. The molecule has 0 saturated heterocycles. The SMILES string of the molecule is N/C(=N/O)c1ccc(OCCCF)cc1. The van der Waals surface area contributed by atoms with Crippen molar-refractivity contribution in [3.05, 3.63) is 29.8 Å². The lowest BCUT2D eigenvalue weighted by Crippen LogP contribution is -2.12. The van der Waals surface area contributed by atoms with Crippen LogP contribution >= 0.6 is 0 Å². The van der Waals surface area contributed by atoms with E-state index in [1.807, 2.05) is 0 Å². The van der Waals surface area contributed by atoms with Crippen LogP contribution in [0, 0.1) is 0 Å². The number of nitrogens with zero attached hydrogens (tertiary/aromatic N) is 1. The van der Waals surface area contributed by atoms with Crippen molar-refractivity contribution in [2.45, 2.75) is 6.42 Å². The fourth-order valence-corrected chi connectivity index (χ4v) is 1.02. The van der Waals surface area contributed by atoms with Gasteiger partial charge in [0.2, 0.25) is 0 Å². The van der Waals surface area contributed by atoms with Crippen molar-refractivity contribution < 1.29 is 14.3 Å². The second kappa shape index (κ2) is 5.85. The van der Waals surface area contributed by atoms with Crippen LogP contribution in [0.1, 0.15) is 12.0 Å². The van der Waals surface area contributed by atoms with E-state index in [4.69, 9.17) is 15.7 Å². The average Bonchev–Trinajstić information content (AvgIpc) is 2.29. The monoisotopic (exact) mass is 212 g/mol. The standard InChI is InChI=1S/C10H13FN2O2/c11-6-1-7-15-9-4-2-8(3-5-9)10(12)13-14/h2-5,14H,1,6-7H2,(H2,12,13). The zero-order chi connectivity index (χ0) is 11.1. The van der Waals surface area contributed by atoms with E-state index in [2.05, 4.69) is 5.16 Å². The summed E-state index contributed by atoms with van der Waals surface area (Å²) in [4.78, 5) is 0. The number of alkyl halides is 1. The fourth-order valence-electron chi connectivity index (χ4n) is 1.02. The maximum Gasteiger partial charge on any atom is 0.170 e. The Hall–Kier alpha value is -1.78. The molecule has 82 valence electrons. The van der Waals surface area contributed by atoms with E-state index in [9.17, 15) is 4.39 Å². The first kappa shape index (κ1) is 11.3. The van der Waals surface area contributed by atoms with Crippen LogP contribution in [0.25, 0.3) is 0 Å². The van der Waals surface area contributed by atoms with Gasteiger partial charge in [0, 0.05) is 12.0 Å². The lowest BCUT2D eigenvalue weighted by Gasteiger charge is -2.05. The number of hydrogen-bond acceptors (Lipinski definition) is 3. The molecule has 0 amide bonds. The van der Waals surface area contributed by atoms with E-state index in [-0.39, 0.29) is 12.5 Å². The third-order valence-electron chi connectivity index (χ3n) is 1.80. The second-order valence-electron chi connectivity index (χ2n) is 2.90. The number of nitrogens with two attached hydrogens (primary N) is 1. The van der Waals surface area contributed by atoms with Gasteiger partial charge in [-0.05, 0) is 24.3 Å². The Labute approximate surface area is 87.2 Å². The number of rotatable bonds is 5. The lowest BCUT2D eigenvalue weighted by molar-refractivity contribution is 0.289. The number of hydrogen-bond donors (Lipinski definition) is 2. The normalized spacial score (nSPS) is 11.4. The minimum Gasteiger partial charge on any atom is -0.493 e. The van der Waals surface area contributed by atoms with E-state index in [0.29, 0.717) is 24.3 Å². The first-order valence-corrected chi connectivity index (χ1v) is 4.54. The van der Waals surface area contributed by atoms with Crippen molar-refractivity contribution in [2.24, 2.45) is 10.9 Å². The summed E-state index contributed by atoms with van der Waals surface area (Å²) in [5, 5.41) is 11.3. The number of ether oxygens (including phenoxy) is 1. The molecule has 15 heavy (non-hydrogen) atoms. The molecule has 0 radical (unpaired) electrons. The van der Waals surface area contributed by atoms with E-state index in [0.717, 1.165) is 0 Å². The molecule has 0 atom stereocenters. The Balaban J connectivity index is 2.56. The van der Waals surface area contributed by atoms with E-state index in [1.165, 1.54) is 0 Å². The Morgan fingerprint density at radius 2 is 2.07 bits per heavy atom. The summed E-state index contributed by atoms with van der Waals surface area (Å²) < 4.78 is 17.0. The molecule has 1 rings (SSSR count). The molecule has 1 aromatic rings. The van der Waals surface area contributed by atoms with Gasteiger partial charge in [0.25, 0.3) is 0 Å². The van der Waals surface area contributed by atoms with Crippen molar-refractivity contribution in [3.63, 3.8) is 0 Å². The van der Waals surface area contributed by atoms with Crippen molar-refractivity contribution in [2.75, 3.05) is 13.3 Å². The van der Waals surface area contributed by atoms with Crippen molar-refractivity contribution in [1.29, 1.82) is 0 Å². The molecule has 0 aliphatic heterocycles. The molecule has 0 heterocycles. The summed E-state index contributed by atoms with van der Waals surface area (Å²) in [6, 6.07) is 6.71. The first-order valence-electron chi connectivity index (χ1n) is 4.54. The zero-order valence-corrected chi connectivity index (χ0v) is 8.19. The second-order valence-corrected chi connectivity index (χ2v) is 2.90. The van der Waals surface area contributed by atoms with Crippen LogP contribution in [0.5, 0.6) is 5.75 Å². The molecule has 0 saturated carbocycles. The third-order valence-corrected chi connectivity index (χ3v) is 1.80. The van der Waals surface area contributed by atoms with Gasteiger partial charge in [-0.1, -0.05) is 5.16 Å². The summed E-state index contributed by atoms with van der Waals surface area (Å²) in [5.74, 6) is 0.684. The van der Waals surface area contributed by atoms with Gasteiger partial charge < -0.3 is 15.7 Å². The maximum atomic E-state index is 11.8. The molecule has 0 bridgehead atoms. The summed E-state index contributed by atoms with van der Waals surface area (Å²) in [6.45, 7) is -0.0401. The van der Waals surface area contributed by atoms with Gasteiger partial charge in [0.1, 0.15) is 5.75 Å². The van der Waals surface area contributed by atoms with Gasteiger partial charge in [-0.25, -0.2) is 0 Å². The van der Waals surface area contributed by atoms with Crippen LogP contribution < -0.4 is 10.5 Å². The number of halogens is 1. The van der Waals surface area contributed by atoms with E-state index >= 15 is 0 Å². The van der Waals surface area contributed by atoms with Crippen molar-refractivity contribution >= 4 is 5.84 Å². The van der Waals surface area contributed by atoms with Gasteiger partial charge in [-0.2, -0.15) is 0 Å². The highest BCUT2D eigenvalue weighted by molar-refractivity contribution is 5.97. The highest BCUT2D eigenvalue weighted by atomic mass is 19.1. The summed E-state index contributed by atoms with van der Waals surface area (Å²) in [5.41, 5.74) is 5.98. The zero-order valence-electron chi connectivity index (χ0n) is 8.19. The van der Waals surface area contributed by atoms with Gasteiger partial charge >= 0.3 is 0 Å². The first-order chi connectivity index (χ1) is 7.27. The van der Waals surface area contributed by atoms with Crippen molar-refractivity contribution in [3.8, 4) is 5.75 Å². The van der Waals surface area contributed by atoms with Gasteiger partial charge in [0.15, 0.2) is 5.84 Å². The van der Waals surface area contributed by atoms with Crippen LogP contribution in [0.2, 0.25) is 0 Å². The predicted molar refractivity (Wildman–Crippen MR) is 55.0 cm³/mol. The van der Waals surface area contributed by atoms with Crippen LogP contribution in [0.3, 0.4) is 0 Å². The summed E-state index contributed by atoms with van der Waals surface area (Å²) >= 11 is 0. The largest absolute Gasteiger partial charge is 0.493 e. The predicted octanol–water partition coefficient (Wildman–Crippen LogP) is 1.52. The third kappa shape index (κ3) is 3.46. The van der Waals surface area contributed by atoms with Crippen LogP contribution in [-0.2, 0) is 0 Å². The Bertz CT molecular complexity index is 325. The van der Waals surface area contributed by atoms with Gasteiger partial charge in [-0.15, -0.1) is 0 Å². The molecule has 0 aromatic heterocycles. The van der Waals surface area contributed by atoms with E-state index in [1.54, 1.807) is 24.3 Å². The van der Waals surface area contributed by atoms with E-state index < -0.39 is 0 Å². The fraction of sp³-hybridized carbons (Fsp3) is 0.300. The Morgan fingerprint density at radius 1 is 1.40 bits per heavy atom. The van der Waals surface area contributed by atoms with Gasteiger partial charge in [-0.3, -0.25) is 4.39 Å². The minimum absolute atomic E-state index is 0.0466. The molecular weight excluding hydrogens is 199 g/mol.